The van der Waals surface area contributed by atoms with Gasteiger partial charge in [-0.3, -0.25) is 4.79 Å². The highest BCUT2D eigenvalue weighted by Crippen LogP contribution is 2.20. The van der Waals surface area contributed by atoms with Gasteiger partial charge < -0.3 is 4.74 Å². The summed E-state index contributed by atoms with van der Waals surface area (Å²) >= 11 is 0. The van der Waals surface area contributed by atoms with Gasteiger partial charge in [-0.15, -0.1) is 0 Å². The number of hydrogen-bond donors (Lipinski definition) is 0. The number of carbonyl (C=O) groups is 1. The van der Waals surface area contributed by atoms with Crippen LogP contribution in [0, 0.1) is 6.92 Å². The molecule has 0 N–H and O–H groups in total. The molecule has 1 heterocycles. The lowest BCUT2D eigenvalue weighted by molar-refractivity contribution is -0.131. The number of carbonyl (C=O) groups excluding carboxylic acids is 1. The van der Waals surface area contributed by atoms with Crippen molar-refractivity contribution in [2.75, 3.05) is 0 Å². The smallest absolute Gasteiger partial charge is 0.308 e. The number of fused-ring (bicyclic) bond motifs is 1. The SMILES string of the molecule is CC(=O)Oc1ccc2ncnc(C)c2c1. The lowest BCUT2D eigenvalue weighted by atomic mass is 10.2. The van der Waals surface area contributed by atoms with Crippen LogP contribution in [0.25, 0.3) is 10.9 Å². The predicted octanol–water partition coefficient (Wildman–Crippen LogP) is 1.86. The molecule has 0 spiro atoms. The molecule has 0 bridgehead atoms. The zero-order valence-electron chi connectivity index (χ0n) is 8.52. The first-order valence-corrected chi connectivity index (χ1v) is 4.56. The van der Waals surface area contributed by atoms with E-state index in [1.54, 1.807) is 12.1 Å². The van der Waals surface area contributed by atoms with Crippen LogP contribution in [0.1, 0.15) is 12.6 Å². The first-order valence-electron chi connectivity index (χ1n) is 4.56. The minimum Gasteiger partial charge on any atom is -0.427 e. The molecule has 2 aromatic rings. The molecule has 15 heavy (non-hydrogen) atoms. The average Bonchev–Trinajstić information content (AvgIpc) is 2.18. The van der Waals surface area contributed by atoms with Gasteiger partial charge in [-0.25, -0.2) is 9.97 Å². The summed E-state index contributed by atoms with van der Waals surface area (Å²) < 4.78 is 4.98. The van der Waals surface area contributed by atoms with E-state index >= 15 is 0 Å². The van der Waals surface area contributed by atoms with Crippen LogP contribution in [-0.4, -0.2) is 15.9 Å². The maximum atomic E-state index is 10.8. The Morgan fingerprint density at radius 1 is 1.33 bits per heavy atom. The molecule has 0 atom stereocenters. The van der Waals surface area contributed by atoms with Crippen molar-refractivity contribution in [3.63, 3.8) is 0 Å². The summed E-state index contributed by atoms with van der Waals surface area (Å²) in [7, 11) is 0. The van der Waals surface area contributed by atoms with Gasteiger partial charge in [-0.05, 0) is 25.1 Å². The van der Waals surface area contributed by atoms with E-state index in [4.69, 9.17) is 4.74 Å². The predicted molar refractivity (Wildman–Crippen MR) is 55.6 cm³/mol. The molecular formula is C11H10N2O2. The van der Waals surface area contributed by atoms with Crippen molar-refractivity contribution in [1.29, 1.82) is 0 Å². The van der Waals surface area contributed by atoms with Crippen molar-refractivity contribution in [3.05, 3.63) is 30.2 Å². The number of aryl methyl sites for hydroxylation is 1. The van der Waals surface area contributed by atoms with Crippen molar-refractivity contribution >= 4 is 16.9 Å². The maximum Gasteiger partial charge on any atom is 0.308 e. The van der Waals surface area contributed by atoms with E-state index in [0.717, 1.165) is 16.6 Å². The minimum atomic E-state index is -0.330. The van der Waals surface area contributed by atoms with Crippen LogP contribution in [-0.2, 0) is 4.79 Å². The second kappa shape index (κ2) is 3.65. The molecule has 0 aliphatic rings. The van der Waals surface area contributed by atoms with Gasteiger partial charge in [-0.1, -0.05) is 0 Å². The highest BCUT2D eigenvalue weighted by Gasteiger charge is 2.03. The van der Waals surface area contributed by atoms with E-state index in [1.165, 1.54) is 13.3 Å². The van der Waals surface area contributed by atoms with Crippen LogP contribution in [0.15, 0.2) is 24.5 Å². The van der Waals surface area contributed by atoms with E-state index in [2.05, 4.69) is 9.97 Å². The topological polar surface area (TPSA) is 52.1 Å². The second-order valence-corrected chi connectivity index (χ2v) is 3.23. The van der Waals surface area contributed by atoms with Gasteiger partial charge in [0.2, 0.25) is 0 Å². The van der Waals surface area contributed by atoms with Crippen molar-refractivity contribution in [2.45, 2.75) is 13.8 Å². The third-order valence-electron chi connectivity index (χ3n) is 2.07. The fourth-order valence-electron chi connectivity index (χ4n) is 1.39. The Morgan fingerprint density at radius 3 is 2.87 bits per heavy atom. The van der Waals surface area contributed by atoms with Crippen molar-refractivity contribution in [1.82, 2.24) is 9.97 Å². The van der Waals surface area contributed by atoms with Crippen molar-refractivity contribution < 1.29 is 9.53 Å². The van der Waals surface area contributed by atoms with Crippen LogP contribution < -0.4 is 4.74 Å². The molecule has 1 aromatic heterocycles. The van der Waals surface area contributed by atoms with Crippen LogP contribution in [0.4, 0.5) is 0 Å². The first kappa shape index (κ1) is 9.58. The van der Waals surface area contributed by atoms with Gasteiger partial charge in [0.1, 0.15) is 12.1 Å². The van der Waals surface area contributed by atoms with E-state index in [0.29, 0.717) is 5.75 Å². The number of nitrogens with zero attached hydrogens (tertiary/aromatic N) is 2. The van der Waals surface area contributed by atoms with Crippen LogP contribution in [0.2, 0.25) is 0 Å². The van der Waals surface area contributed by atoms with Gasteiger partial charge in [0.05, 0.1) is 5.52 Å². The normalized spacial score (nSPS) is 10.3. The molecule has 0 saturated heterocycles. The Bertz CT molecular complexity index is 523. The zero-order chi connectivity index (χ0) is 10.8. The summed E-state index contributed by atoms with van der Waals surface area (Å²) in [5, 5.41) is 0.899. The van der Waals surface area contributed by atoms with Crippen LogP contribution in [0.5, 0.6) is 5.75 Å². The molecule has 4 nitrogen and oxygen atoms in total. The summed E-state index contributed by atoms with van der Waals surface area (Å²) in [5.74, 6) is 0.191. The fraction of sp³-hybridized carbons (Fsp3) is 0.182. The molecule has 76 valence electrons. The molecule has 0 unspecified atom stereocenters. The molecule has 0 radical (unpaired) electrons. The molecule has 0 aliphatic heterocycles. The number of benzene rings is 1. The highest BCUT2D eigenvalue weighted by molar-refractivity contribution is 5.82. The Morgan fingerprint density at radius 2 is 2.13 bits per heavy atom. The number of rotatable bonds is 1. The molecule has 0 aliphatic carbocycles. The first-order chi connectivity index (χ1) is 7.16. The summed E-state index contributed by atoms with van der Waals surface area (Å²) in [6.45, 7) is 3.26. The standard InChI is InChI=1S/C11H10N2O2/c1-7-10-5-9(15-8(2)14)3-4-11(10)13-6-12-7/h3-6H,1-2H3. The maximum absolute atomic E-state index is 10.8. The van der Waals surface area contributed by atoms with Crippen LogP contribution >= 0.6 is 0 Å². The monoisotopic (exact) mass is 202 g/mol. The molecule has 2 rings (SSSR count). The van der Waals surface area contributed by atoms with E-state index in [-0.39, 0.29) is 5.97 Å². The number of hydrogen-bond acceptors (Lipinski definition) is 4. The Labute approximate surface area is 86.9 Å². The Kier molecular flexibility index (Phi) is 2.33. The summed E-state index contributed by atoms with van der Waals surface area (Å²) in [4.78, 5) is 19.0. The highest BCUT2D eigenvalue weighted by atomic mass is 16.5. The average molecular weight is 202 g/mol. The third kappa shape index (κ3) is 1.93. The minimum absolute atomic E-state index is 0.330. The second-order valence-electron chi connectivity index (χ2n) is 3.23. The summed E-state index contributed by atoms with van der Waals surface area (Å²) in [6.07, 6.45) is 1.52. The quantitative estimate of drug-likeness (QED) is 0.523. The Balaban J connectivity index is 2.54. The Hall–Kier alpha value is -1.97. The van der Waals surface area contributed by atoms with Gasteiger partial charge in [0, 0.05) is 18.0 Å². The number of aromatic nitrogens is 2. The summed E-state index contributed by atoms with van der Waals surface area (Å²) in [6, 6.07) is 5.30. The fourth-order valence-corrected chi connectivity index (χ4v) is 1.39. The lowest BCUT2D eigenvalue weighted by Crippen LogP contribution is -2.01. The van der Waals surface area contributed by atoms with Gasteiger partial charge >= 0.3 is 5.97 Å². The van der Waals surface area contributed by atoms with E-state index in [9.17, 15) is 4.79 Å². The molecule has 0 saturated carbocycles. The molecular weight excluding hydrogens is 192 g/mol. The molecule has 4 heteroatoms. The van der Waals surface area contributed by atoms with Gasteiger partial charge in [0.25, 0.3) is 0 Å². The molecule has 0 fully saturated rings. The number of esters is 1. The van der Waals surface area contributed by atoms with Gasteiger partial charge in [-0.2, -0.15) is 0 Å². The number of ether oxygens (including phenoxy) is 1. The molecule has 0 amide bonds. The van der Waals surface area contributed by atoms with E-state index < -0.39 is 0 Å². The van der Waals surface area contributed by atoms with Crippen LogP contribution in [0.3, 0.4) is 0 Å². The van der Waals surface area contributed by atoms with Gasteiger partial charge in [0.15, 0.2) is 0 Å². The third-order valence-corrected chi connectivity index (χ3v) is 2.07. The van der Waals surface area contributed by atoms with E-state index in [1.807, 2.05) is 13.0 Å². The largest absolute Gasteiger partial charge is 0.427 e. The van der Waals surface area contributed by atoms with Crippen molar-refractivity contribution in [3.8, 4) is 5.75 Å². The zero-order valence-corrected chi connectivity index (χ0v) is 8.52. The molecule has 1 aromatic carbocycles. The lowest BCUT2D eigenvalue weighted by Gasteiger charge is -2.03. The summed E-state index contributed by atoms with van der Waals surface area (Å²) in [5.41, 5.74) is 1.72. The van der Waals surface area contributed by atoms with Crippen molar-refractivity contribution in [2.24, 2.45) is 0 Å².